The van der Waals surface area contributed by atoms with E-state index in [4.69, 9.17) is 0 Å². The van der Waals surface area contributed by atoms with Gasteiger partial charge in [0.05, 0.1) is 0 Å². The number of nitrogens with zero attached hydrogens (tertiary/aromatic N) is 2. The molecule has 16 heavy (non-hydrogen) atoms. The Morgan fingerprint density at radius 2 is 1.88 bits per heavy atom. The van der Waals surface area contributed by atoms with Crippen molar-refractivity contribution in [1.29, 1.82) is 0 Å². The Morgan fingerprint density at radius 3 is 2.38 bits per heavy atom. The number of piperidine rings is 1. The van der Waals surface area contributed by atoms with Crippen molar-refractivity contribution in [2.75, 3.05) is 39.8 Å². The molecule has 1 rings (SSSR count). The monoisotopic (exact) mass is 227 g/mol. The predicted octanol–water partition coefficient (Wildman–Crippen LogP) is 1.38. The molecule has 0 aromatic carbocycles. The third-order valence-corrected chi connectivity index (χ3v) is 3.39. The molecule has 0 bridgehead atoms. The van der Waals surface area contributed by atoms with Gasteiger partial charge in [-0.1, -0.05) is 0 Å². The second-order valence-corrected chi connectivity index (χ2v) is 4.53. The van der Waals surface area contributed by atoms with Gasteiger partial charge in [-0.3, -0.25) is 0 Å². The van der Waals surface area contributed by atoms with Crippen LogP contribution in [-0.4, -0.2) is 55.6 Å². The minimum Gasteiger partial charge on any atom is -0.328 e. The second-order valence-electron chi connectivity index (χ2n) is 4.53. The van der Waals surface area contributed by atoms with Crippen molar-refractivity contribution in [3.63, 3.8) is 0 Å². The van der Waals surface area contributed by atoms with Crippen LogP contribution in [-0.2, 0) is 0 Å². The van der Waals surface area contributed by atoms with Crippen LogP contribution in [0.15, 0.2) is 0 Å². The Kier molecular flexibility index (Phi) is 5.60. The fraction of sp³-hybridized carbons (Fsp3) is 0.917. The van der Waals surface area contributed by atoms with Crippen molar-refractivity contribution in [3.8, 4) is 0 Å². The Labute approximate surface area is 99.0 Å². The number of urea groups is 1. The third-order valence-electron chi connectivity index (χ3n) is 3.39. The van der Waals surface area contributed by atoms with E-state index in [2.05, 4.69) is 12.2 Å². The van der Waals surface area contributed by atoms with Crippen LogP contribution in [0.4, 0.5) is 4.79 Å². The zero-order valence-electron chi connectivity index (χ0n) is 10.8. The van der Waals surface area contributed by atoms with Crippen molar-refractivity contribution >= 4 is 6.03 Å². The van der Waals surface area contributed by atoms with Gasteiger partial charge in [0, 0.05) is 26.7 Å². The molecule has 0 saturated carbocycles. The highest BCUT2D eigenvalue weighted by molar-refractivity contribution is 5.74. The summed E-state index contributed by atoms with van der Waals surface area (Å²) < 4.78 is 0. The van der Waals surface area contributed by atoms with E-state index in [9.17, 15) is 4.79 Å². The van der Waals surface area contributed by atoms with Crippen molar-refractivity contribution in [2.24, 2.45) is 5.92 Å². The van der Waals surface area contributed by atoms with Crippen LogP contribution in [0.1, 0.15) is 26.7 Å². The summed E-state index contributed by atoms with van der Waals surface area (Å²) in [5.41, 5.74) is 0. The van der Waals surface area contributed by atoms with E-state index in [0.29, 0.717) is 5.92 Å². The molecule has 0 radical (unpaired) electrons. The van der Waals surface area contributed by atoms with Crippen LogP contribution in [0, 0.1) is 5.92 Å². The fourth-order valence-corrected chi connectivity index (χ4v) is 2.10. The number of hydrogen-bond donors (Lipinski definition) is 1. The molecule has 0 unspecified atom stereocenters. The highest BCUT2D eigenvalue weighted by Crippen LogP contribution is 2.14. The van der Waals surface area contributed by atoms with Gasteiger partial charge in [0.1, 0.15) is 0 Å². The van der Waals surface area contributed by atoms with E-state index in [1.54, 1.807) is 4.90 Å². The maximum atomic E-state index is 12.0. The Hall–Kier alpha value is -0.770. The van der Waals surface area contributed by atoms with Crippen LogP contribution < -0.4 is 5.32 Å². The van der Waals surface area contributed by atoms with Crippen LogP contribution in [0.5, 0.6) is 0 Å². The van der Waals surface area contributed by atoms with Crippen LogP contribution in [0.2, 0.25) is 0 Å². The molecular formula is C12H25N3O. The van der Waals surface area contributed by atoms with Crippen LogP contribution in [0.25, 0.3) is 0 Å². The van der Waals surface area contributed by atoms with Gasteiger partial charge in [-0.05, 0) is 45.7 Å². The fourth-order valence-electron chi connectivity index (χ4n) is 2.10. The molecule has 1 N–H and O–H groups in total. The maximum absolute atomic E-state index is 12.0. The molecule has 4 heteroatoms. The van der Waals surface area contributed by atoms with E-state index >= 15 is 0 Å². The highest BCUT2D eigenvalue weighted by Gasteiger charge is 2.21. The lowest BCUT2D eigenvalue weighted by molar-refractivity contribution is 0.153. The SMILES string of the molecule is CCN(C)C(=O)N(CC)CC1CCNCC1. The first kappa shape index (κ1) is 13.3. The first-order valence-corrected chi connectivity index (χ1v) is 6.39. The first-order valence-electron chi connectivity index (χ1n) is 6.39. The molecule has 1 aliphatic heterocycles. The number of amides is 2. The lowest BCUT2D eigenvalue weighted by Gasteiger charge is -2.31. The topological polar surface area (TPSA) is 35.6 Å². The number of carbonyl (C=O) groups is 1. The van der Waals surface area contributed by atoms with E-state index in [1.807, 2.05) is 18.9 Å². The average Bonchev–Trinajstić information content (AvgIpc) is 2.35. The average molecular weight is 227 g/mol. The Bertz CT molecular complexity index is 214. The number of carbonyl (C=O) groups excluding carboxylic acids is 1. The molecule has 1 aliphatic rings. The van der Waals surface area contributed by atoms with E-state index in [1.165, 1.54) is 12.8 Å². The third kappa shape index (κ3) is 3.67. The smallest absolute Gasteiger partial charge is 0.319 e. The van der Waals surface area contributed by atoms with Gasteiger partial charge >= 0.3 is 6.03 Å². The number of hydrogen-bond acceptors (Lipinski definition) is 2. The second kappa shape index (κ2) is 6.74. The molecule has 4 nitrogen and oxygen atoms in total. The van der Waals surface area contributed by atoms with Crippen LogP contribution in [0.3, 0.4) is 0 Å². The molecule has 2 amide bonds. The van der Waals surface area contributed by atoms with Gasteiger partial charge in [0.15, 0.2) is 0 Å². The van der Waals surface area contributed by atoms with Crippen molar-refractivity contribution in [1.82, 2.24) is 15.1 Å². The molecule has 0 aromatic heterocycles. The predicted molar refractivity (Wildman–Crippen MR) is 66.5 cm³/mol. The van der Waals surface area contributed by atoms with Crippen molar-refractivity contribution < 1.29 is 4.79 Å². The van der Waals surface area contributed by atoms with E-state index in [0.717, 1.165) is 32.7 Å². The van der Waals surface area contributed by atoms with E-state index in [-0.39, 0.29) is 6.03 Å². The zero-order chi connectivity index (χ0) is 12.0. The molecule has 1 saturated heterocycles. The molecule has 1 fully saturated rings. The van der Waals surface area contributed by atoms with Gasteiger partial charge < -0.3 is 15.1 Å². The standard InChI is InChI=1S/C12H25N3O/c1-4-14(3)12(16)15(5-2)10-11-6-8-13-9-7-11/h11,13H,4-10H2,1-3H3. The first-order chi connectivity index (χ1) is 7.69. The molecule has 0 aliphatic carbocycles. The summed E-state index contributed by atoms with van der Waals surface area (Å²) >= 11 is 0. The van der Waals surface area contributed by atoms with E-state index < -0.39 is 0 Å². The van der Waals surface area contributed by atoms with Crippen molar-refractivity contribution in [2.45, 2.75) is 26.7 Å². The van der Waals surface area contributed by atoms with Gasteiger partial charge in [0.2, 0.25) is 0 Å². The zero-order valence-corrected chi connectivity index (χ0v) is 10.8. The molecule has 0 spiro atoms. The largest absolute Gasteiger partial charge is 0.328 e. The highest BCUT2D eigenvalue weighted by atomic mass is 16.2. The maximum Gasteiger partial charge on any atom is 0.319 e. The molecule has 0 atom stereocenters. The Balaban J connectivity index is 2.43. The van der Waals surface area contributed by atoms with Crippen molar-refractivity contribution in [3.05, 3.63) is 0 Å². The molecule has 1 heterocycles. The van der Waals surface area contributed by atoms with Gasteiger partial charge in [0.25, 0.3) is 0 Å². The normalized spacial score (nSPS) is 17.2. The Morgan fingerprint density at radius 1 is 1.25 bits per heavy atom. The summed E-state index contributed by atoms with van der Waals surface area (Å²) in [5, 5.41) is 3.36. The summed E-state index contributed by atoms with van der Waals surface area (Å²) in [7, 11) is 1.87. The quantitative estimate of drug-likeness (QED) is 0.787. The van der Waals surface area contributed by atoms with Gasteiger partial charge in [-0.2, -0.15) is 0 Å². The summed E-state index contributed by atoms with van der Waals surface area (Å²) in [6, 6.07) is 0.170. The summed E-state index contributed by atoms with van der Waals surface area (Å²) in [6.45, 7) is 8.77. The summed E-state index contributed by atoms with van der Waals surface area (Å²) in [4.78, 5) is 15.8. The number of nitrogens with one attached hydrogen (secondary N) is 1. The summed E-state index contributed by atoms with van der Waals surface area (Å²) in [6.07, 6.45) is 2.39. The lowest BCUT2D eigenvalue weighted by atomic mass is 9.97. The molecule has 94 valence electrons. The lowest BCUT2D eigenvalue weighted by Crippen LogP contribution is -2.44. The summed E-state index contributed by atoms with van der Waals surface area (Å²) in [5.74, 6) is 0.676. The van der Waals surface area contributed by atoms with Crippen LogP contribution >= 0.6 is 0 Å². The molecular weight excluding hydrogens is 202 g/mol. The number of rotatable bonds is 4. The van der Waals surface area contributed by atoms with Gasteiger partial charge in [-0.15, -0.1) is 0 Å². The minimum atomic E-state index is 0.170. The minimum absolute atomic E-state index is 0.170. The molecule has 0 aromatic rings. The van der Waals surface area contributed by atoms with Gasteiger partial charge in [-0.25, -0.2) is 4.79 Å².